The summed E-state index contributed by atoms with van der Waals surface area (Å²) in [4.78, 5) is 21.7. The predicted octanol–water partition coefficient (Wildman–Crippen LogP) is 6.02. The second-order valence-corrected chi connectivity index (χ2v) is 8.14. The first-order valence-electron chi connectivity index (χ1n) is 10.5. The van der Waals surface area contributed by atoms with Crippen LogP contribution in [0.25, 0.3) is 32.8 Å². The van der Waals surface area contributed by atoms with Gasteiger partial charge in [0.25, 0.3) is 5.56 Å². The minimum Gasteiger partial charge on any atom is -0.497 e. The summed E-state index contributed by atoms with van der Waals surface area (Å²) in [6.45, 7) is 9.33. The molecule has 0 bridgehead atoms. The fraction of sp³-hybridized carbons (Fsp3) is 0.269. The number of hydrogen-bond acceptors (Lipinski definition) is 3. The van der Waals surface area contributed by atoms with Crippen LogP contribution in [0.1, 0.15) is 32.0 Å². The fourth-order valence-electron chi connectivity index (χ4n) is 4.03. The molecule has 6 heteroatoms. The second kappa shape index (κ2) is 8.80. The first kappa shape index (κ1) is 21.5. The third-order valence-electron chi connectivity index (χ3n) is 5.97. The van der Waals surface area contributed by atoms with Gasteiger partial charge in [-0.3, -0.25) is 9.36 Å². The van der Waals surface area contributed by atoms with Crippen LogP contribution in [0.3, 0.4) is 0 Å². The Morgan fingerprint density at radius 3 is 2.50 bits per heavy atom. The van der Waals surface area contributed by atoms with E-state index in [9.17, 15) is 9.18 Å². The van der Waals surface area contributed by atoms with Crippen molar-refractivity contribution in [3.63, 3.8) is 0 Å². The van der Waals surface area contributed by atoms with Gasteiger partial charge in [-0.25, -0.2) is 14.2 Å². The highest BCUT2D eigenvalue weighted by Gasteiger charge is 2.22. The van der Waals surface area contributed by atoms with Gasteiger partial charge >= 0.3 is 0 Å². The van der Waals surface area contributed by atoms with Crippen LogP contribution in [-0.4, -0.2) is 16.7 Å². The highest BCUT2D eigenvalue weighted by atomic mass is 19.1. The maximum absolute atomic E-state index is 14.5. The van der Waals surface area contributed by atoms with Crippen molar-refractivity contribution in [3.8, 4) is 28.1 Å². The summed E-state index contributed by atoms with van der Waals surface area (Å²) in [7, 11) is 3.30. The molecule has 4 rings (SSSR count). The summed E-state index contributed by atoms with van der Waals surface area (Å²) in [5, 5.41) is 0. The molecule has 0 fully saturated rings. The lowest BCUT2D eigenvalue weighted by atomic mass is 9.90. The van der Waals surface area contributed by atoms with Crippen LogP contribution in [-0.2, 0) is 7.05 Å². The largest absolute Gasteiger partial charge is 0.497 e. The zero-order valence-corrected chi connectivity index (χ0v) is 18.4. The molecule has 0 saturated carbocycles. The Labute approximate surface area is 186 Å². The maximum atomic E-state index is 14.5. The molecule has 2 aromatic carbocycles. The molecule has 32 heavy (non-hydrogen) atoms. The monoisotopic (exact) mass is 429 g/mol. The predicted molar refractivity (Wildman–Crippen MR) is 124 cm³/mol. The smallest absolute Gasteiger partial charge is 0.262 e. The molecule has 1 unspecified atom stereocenters. The zero-order chi connectivity index (χ0) is 22.8. The van der Waals surface area contributed by atoms with Crippen LogP contribution in [0.2, 0.25) is 0 Å². The van der Waals surface area contributed by atoms with Crippen LogP contribution in [0.4, 0.5) is 10.1 Å². The standard InChI is InChI=1S/C26H24FN3O2/c1-16-5-7-18(8-6-16)25-29-24(19-11-14-22(28-2)21(27)15-19)23(26(31)30(25)3)17-9-12-20(32-4)13-10-17/h7,9-16H,5-6,8H2,1,3-4H3. The molecular weight excluding hydrogens is 405 g/mol. The molecule has 1 aliphatic rings. The highest BCUT2D eigenvalue weighted by molar-refractivity contribution is 5.82. The second-order valence-electron chi connectivity index (χ2n) is 8.14. The Morgan fingerprint density at radius 1 is 1.19 bits per heavy atom. The minimum atomic E-state index is -0.632. The van der Waals surface area contributed by atoms with Gasteiger partial charge in [-0.1, -0.05) is 37.3 Å². The Hall–Kier alpha value is -3.72. The quantitative estimate of drug-likeness (QED) is 0.477. The molecule has 5 nitrogen and oxygen atoms in total. The van der Waals surface area contributed by atoms with E-state index in [1.807, 2.05) is 0 Å². The summed E-state index contributed by atoms with van der Waals surface area (Å²) in [5.74, 6) is 1.24. The van der Waals surface area contributed by atoms with E-state index in [1.54, 1.807) is 49.1 Å². The molecule has 0 saturated heterocycles. The lowest BCUT2D eigenvalue weighted by Crippen LogP contribution is -2.25. The summed E-state index contributed by atoms with van der Waals surface area (Å²) in [5.41, 5.74) is 2.69. The lowest BCUT2D eigenvalue weighted by Gasteiger charge is -2.21. The number of methoxy groups -OCH3 is 1. The van der Waals surface area contributed by atoms with Crippen molar-refractivity contribution in [2.45, 2.75) is 26.2 Å². The van der Waals surface area contributed by atoms with Crippen LogP contribution in [0.5, 0.6) is 5.75 Å². The molecule has 1 aromatic heterocycles. The highest BCUT2D eigenvalue weighted by Crippen LogP contribution is 2.34. The van der Waals surface area contributed by atoms with E-state index in [2.05, 4.69) is 17.8 Å². The SMILES string of the molecule is [C-]#[N+]c1ccc(-c2nc(C3=CCC(C)CC3)n(C)c(=O)c2-c2ccc(OC)cc2)cc1F. The van der Waals surface area contributed by atoms with Gasteiger partial charge in [-0.2, -0.15) is 0 Å². The van der Waals surface area contributed by atoms with Gasteiger partial charge in [-0.15, -0.1) is 0 Å². The van der Waals surface area contributed by atoms with Crippen LogP contribution < -0.4 is 10.3 Å². The van der Waals surface area contributed by atoms with Crippen molar-refractivity contribution in [1.29, 1.82) is 0 Å². The summed E-state index contributed by atoms with van der Waals surface area (Å²) < 4.78 is 21.3. The Kier molecular flexibility index (Phi) is 5.91. The molecule has 3 aromatic rings. The summed E-state index contributed by atoms with van der Waals surface area (Å²) >= 11 is 0. The van der Waals surface area contributed by atoms with Gasteiger partial charge in [0.05, 0.1) is 24.9 Å². The average Bonchev–Trinajstić information content (AvgIpc) is 2.81. The van der Waals surface area contributed by atoms with Gasteiger partial charge in [0.1, 0.15) is 17.4 Å². The number of halogens is 1. The van der Waals surface area contributed by atoms with Gasteiger partial charge in [-0.05, 0) is 54.5 Å². The number of ether oxygens (including phenoxy) is 1. The van der Waals surface area contributed by atoms with Gasteiger partial charge in [0, 0.05) is 12.6 Å². The molecular formula is C26H24FN3O2. The Morgan fingerprint density at radius 2 is 1.91 bits per heavy atom. The van der Waals surface area contributed by atoms with Crippen LogP contribution >= 0.6 is 0 Å². The van der Waals surface area contributed by atoms with Crippen molar-refractivity contribution in [3.05, 3.63) is 82.0 Å². The van der Waals surface area contributed by atoms with E-state index in [0.717, 1.165) is 24.8 Å². The summed E-state index contributed by atoms with van der Waals surface area (Å²) in [6, 6.07) is 11.5. The van der Waals surface area contributed by atoms with E-state index >= 15 is 0 Å². The maximum Gasteiger partial charge on any atom is 0.262 e. The number of allylic oxidation sites excluding steroid dienone is 2. The topological polar surface area (TPSA) is 48.5 Å². The molecule has 0 N–H and O–H groups in total. The number of aromatic nitrogens is 2. The molecule has 0 radical (unpaired) electrons. The number of hydrogen-bond donors (Lipinski definition) is 0. The van der Waals surface area contributed by atoms with E-state index in [4.69, 9.17) is 16.3 Å². The molecule has 162 valence electrons. The number of benzene rings is 2. The van der Waals surface area contributed by atoms with Crippen molar-refractivity contribution in [1.82, 2.24) is 9.55 Å². The third-order valence-corrected chi connectivity index (χ3v) is 5.97. The zero-order valence-electron chi connectivity index (χ0n) is 18.4. The average molecular weight is 429 g/mol. The van der Waals surface area contributed by atoms with Gasteiger partial charge < -0.3 is 4.74 Å². The molecule has 0 amide bonds. The van der Waals surface area contributed by atoms with Crippen LogP contribution in [0, 0.1) is 18.3 Å². The molecule has 1 atom stereocenters. The third kappa shape index (κ3) is 3.94. The van der Waals surface area contributed by atoms with E-state index in [1.165, 1.54) is 12.1 Å². The van der Waals surface area contributed by atoms with Crippen molar-refractivity contribution >= 4 is 11.3 Å². The van der Waals surface area contributed by atoms with E-state index in [-0.39, 0.29) is 11.2 Å². The molecule has 0 spiro atoms. The number of nitrogens with zero attached hydrogens (tertiary/aromatic N) is 3. The van der Waals surface area contributed by atoms with Crippen molar-refractivity contribution in [2.24, 2.45) is 13.0 Å². The number of rotatable bonds is 4. The van der Waals surface area contributed by atoms with Gasteiger partial charge in [0.15, 0.2) is 0 Å². The van der Waals surface area contributed by atoms with Crippen LogP contribution in [0.15, 0.2) is 53.3 Å². The minimum absolute atomic E-state index is 0.0622. The van der Waals surface area contributed by atoms with E-state index in [0.29, 0.717) is 39.9 Å². The first-order chi connectivity index (χ1) is 15.4. The molecule has 1 aliphatic carbocycles. The van der Waals surface area contributed by atoms with E-state index < -0.39 is 5.82 Å². The summed E-state index contributed by atoms with van der Waals surface area (Å²) in [6.07, 6.45) is 4.96. The Balaban J connectivity index is 1.98. The first-order valence-corrected chi connectivity index (χ1v) is 10.5. The normalized spacial score (nSPS) is 15.7. The van der Waals surface area contributed by atoms with Crippen molar-refractivity contribution < 1.29 is 9.13 Å². The molecule has 1 heterocycles. The van der Waals surface area contributed by atoms with Crippen molar-refractivity contribution in [2.75, 3.05) is 7.11 Å². The van der Waals surface area contributed by atoms with Gasteiger partial charge in [0.2, 0.25) is 5.69 Å². The molecule has 0 aliphatic heterocycles. The lowest BCUT2D eigenvalue weighted by molar-refractivity contribution is 0.415. The fourth-order valence-corrected chi connectivity index (χ4v) is 4.03. The Bertz CT molecular complexity index is 1300.